The number of benzene rings is 1. The SMILES string of the molecule is O=C(C[C@H]1C=CS(=O)(=O)C1)NCc1ccc(N2CCCC2=O)cc1. The summed E-state index contributed by atoms with van der Waals surface area (Å²) in [6.07, 6.45) is 3.25. The molecule has 7 heteroatoms. The van der Waals surface area contributed by atoms with Crippen molar-refractivity contribution in [3.63, 3.8) is 0 Å². The minimum Gasteiger partial charge on any atom is -0.352 e. The summed E-state index contributed by atoms with van der Waals surface area (Å²) < 4.78 is 22.6. The van der Waals surface area contributed by atoms with Crippen LogP contribution in [0.15, 0.2) is 35.7 Å². The van der Waals surface area contributed by atoms with Crippen LogP contribution < -0.4 is 10.2 Å². The Morgan fingerprint density at radius 3 is 2.58 bits per heavy atom. The zero-order valence-electron chi connectivity index (χ0n) is 13.3. The molecule has 128 valence electrons. The molecule has 1 N–H and O–H groups in total. The van der Waals surface area contributed by atoms with Crippen LogP contribution in [0, 0.1) is 5.92 Å². The first kappa shape index (κ1) is 16.7. The number of hydrogen-bond donors (Lipinski definition) is 1. The first-order valence-corrected chi connectivity index (χ1v) is 9.71. The van der Waals surface area contributed by atoms with Crippen molar-refractivity contribution in [1.82, 2.24) is 5.32 Å². The van der Waals surface area contributed by atoms with Gasteiger partial charge in [0.2, 0.25) is 11.8 Å². The van der Waals surface area contributed by atoms with Crippen molar-refractivity contribution in [2.24, 2.45) is 5.92 Å². The summed E-state index contributed by atoms with van der Waals surface area (Å²) in [7, 11) is -3.12. The van der Waals surface area contributed by atoms with E-state index in [4.69, 9.17) is 0 Å². The minimum atomic E-state index is -3.12. The average Bonchev–Trinajstić information content (AvgIpc) is 3.11. The number of sulfone groups is 1. The van der Waals surface area contributed by atoms with Crippen molar-refractivity contribution < 1.29 is 18.0 Å². The quantitative estimate of drug-likeness (QED) is 0.871. The van der Waals surface area contributed by atoms with Gasteiger partial charge < -0.3 is 10.2 Å². The zero-order valence-corrected chi connectivity index (χ0v) is 14.1. The van der Waals surface area contributed by atoms with Gasteiger partial charge in [-0.15, -0.1) is 0 Å². The number of anilines is 1. The van der Waals surface area contributed by atoms with E-state index in [1.807, 2.05) is 24.3 Å². The standard InChI is InChI=1S/C17H20N2O4S/c20-16(10-14-7-9-24(22,23)12-14)18-11-13-3-5-15(6-4-13)19-8-1-2-17(19)21/h3-7,9,14H,1-2,8,10-12H2,(H,18,20)/t14-/m1/s1. The second-order valence-electron chi connectivity index (χ2n) is 6.21. The van der Waals surface area contributed by atoms with Crippen molar-refractivity contribution in [3.8, 4) is 0 Å². The molecule has 1 atom stereocenters. The van der Waals surface area contributed by atoms with Gasteiger partial charge in [0.1, 0.15) is 0 Å². The van der Waals surface area contributed by atoms with Gasteiger partial charge >= 0.3 is 0 Å². The molecular weight excluding hydrogens is 328 g/mol. The predicted molar refractivity (Wildman–Crippen MR) is 90.9 cm³/mol. The van der Waals surface area contributed by atoms with E-state index in [0.717, 1.165) is 24.2 Å². The van der Waals surface area contributed by atoms with Crippen LogP contribution in [0.25, 0.3) is 0 Å². The lowest BCUT2D eigenvalue weighted by molar-refractivity contribution is -0.121. The maximum atomic E-state index is 11.9. The van der Waals surface area contributed by atoms with E-state index in [0.29, 0.717) is 13.0 Å². The fourth-order valence-electron chi connectivity index (χ4n) is 2.99. The van der Waals surface area contributed by atoms with Gasteiger partial charge in [-0.2, -0.15) is 0 Å². The zero-order chi connectivity index (χ0) is 17.2. The van der Waals surface area contributed by atoms with Crippen LogP contribution in [0.5, 0.6) is 0 Å². The monoisotopic (exact) mass is 348 g/mol. The number of hydrogen-bond acceptors (Lipinski definition) is 4. The van der Waals surface area contributed by atoms with Crippen LogP contribution in [0.2, 0.25) is 0 Å². The molecule has 24 heavy (non-hydrogen) atoms. The molecule has 2 heterocycles. The second-order valence-corrected chi connectivity index (χ2v) is 8.15. The molecule has 0 saturated carbocycles. The summed E-state index contributed by atoms with van der Waals surface area (Å²) in [6, 6.07) is 7.55. The molecular formula is C17H20N2O4S. The van der Waals surface area contributed by atoms with Crippen molar-refractivity contribution in [1.29, 1.82) is 0 Å². The van der Waals surface area contributed by atoms with Gasteiger partial charge in [0, 0.05) is 42.9 Å². The van der Waals surface area contributed by atoms with Crippen molar-refractivity contribution in [3.05, 3.63) is 41.3 Å². The lowest BCUT2D eigenvalue weighted by atomic mass is 10.1. The Kier molecular flexibility index (Phi) is 4.71. The third kappa shape index (κ3) is 4.03. The predicted octanol–water partition coefficient (Wildman–Crippen LogP) is 1.38. The molecule has 1 fully saturated rings. The van der Waals surface area contributed by atoms with E-state index in [2.05, 4.69) is 5.32 Å². The topological polar surface area (TPSA) is 83.6 Å². The fraction of sp³-hybridized carbons (Fsp3) is 0.412. The molecule has 6 nitrogen and oxygen atoms in total. The number of nitrogens with zero attached hydrogens (tertiary/aromatic N) is 1. The highest BCUT2D eigenvalue weighted by molar-refractivity contribution is 7.94. The van der Waals surface area contributed by atoms with Crippen molar-refractivity contribution in [2.75, 3.05) is 17.2 Å². The first-order valence-electron chi connectivity index (χ1n) is 8.00. The molecule has 1 saturated heterocycles. The summed E-state index contributed by atoms with van der Waals surface area (Å²) in [5.41, 5.74) is 1.82. The molecule has 0 radical (unpaired) electrons. The highest BCUT2D eigenvalue weighted by Gasteiger charge is 2.24. The Morgan fingerprint density at radius 1 is 1.25 bits per heavy atom. The molecule has 0 aliphatic carbocycles. The normalized spacial score (nSPS) is 22.1. The number of nitrogens with one attached hydrogen (secondary N) is 1. The van der Waals surface area contributed by atoms with Gasteiger partial charge in [0.15, 0.2) is 9.84 Å². The lowest BCUT2D eigenvalue weighted by Crippen LogP contribution is -2.26. The van der Waals surface area contributed by atoms with Crippen molar-refractivity contribution in [2.45, 2.75) is 25.8 Å². The summed E-state index contributed by atoms with van der Waals surface area (Å²) in [5, 5.41) is 3.99. The number of carbonyl (C=O) groups excluding carboxylic acids is 2. The third-order valence-corrected chi connectivity index (χ3v) is 5.73. The van der Waals surface area contributed by atoms with Crippen LogP contribution in [-0.2, 0) is 26.0 Å². The van der Waals surface area contributed by atoms with Crippen LogP contribution in [-0.4, -0.2) is 32.5 Å². The maximum Gasteiger partial charge on any atom is 0.227 e. The fourth-order valence-corrected chi connectivity index (χ4v) is 4.39. The Morgan fingerprint density at radius 2 is 2.00 bits per heavy atom. The molecule has 3 rings (SSSR count). The van der Waals surface area contributed by atoms with Crippen molar-refractivity contribution >= 4 is 27.3 Å². The Hall–Kier alpha value is -2.15. The maximum absolute atomic E-state index is 11.9. The van der Waals surface area contributed by atoms with Gasteiger partial charge in [-0.25, -0.2) is 8.42 Å². The summed E-state index contributed by atoms with van der Waals surface area (Å²) in [4.78, 5) is 25.4. The van der Waals surface area contributed by atoms with E-state index < -0.39 is 9.84 Å². The molecule has 2 aliphatic heterocycles. The number of amides is 2. The molecule has 0 bridgehead atoms. The first-order chi connectivity index (χ1) is 11.4. The molecule has 1 aromatic rings. The van der Waals surface area contributed by atoms with E-state index in [1.54, 1.807) is 11.0 Å². The Bertz CT molecular complexity index is 768. The highest BCUT2D eigenvalue weighted by Crippen LogP contribution is 2.22. The molecule has 0 spiro atoms. The van der Waals surface area contributed by atoms with Gasteiger partial charge in [0.05, 0.1) is 5.75 Å². The number of carbonyl (C=O) groups is 2. The van der Waals surface area contributed by atoms with E-state index >= 15 is 0 Å². The smallest absolute Gasteiger partial charge is 0.227 e. The third-order valence-electron chi connectivity index (χ3n) is 4.26. The Balaban J connectivity index is 1.49. The molecule has 2 aliphatic rings. The van der Waals surface area contributed by atoms with Crippen LogP contribution in [0.3, 0.4) is 0 Å². The molecule has 0 unspecified atom stereocenters. The second kappa shape index (κ2) is 6.76. The summed E-state index contributed by atoms with van der Waals surface area (Å²) in [6.45, 7) is 1.14. The molecule has 1 aromatic carbocycles. The van der Waals surface area contributed by atoms with E-state index in [-0.39, 0.29) is 29.9 Å². The number of rotatable bonds is 5. The number of allylic oxidation sites excluding steroid dienone is 1. The van der Waals surface area contributed by atoms with Gasteiger partial charge in [0.25, 0.3) is 0 Å². The van der Waals surface area contributed by atoms with Gasteiger partial charge in [-0.05, 0) is 24.1 Å². The molecule has 0 aromatic heterocycles. The lowest BCUT2D eigenvalue weighted by Gasteiger charge is -2.16. The summed E-state index contributed by atoms with van der Waals surface area (Å²) >= 11 is 0. The summed E-state index contributed by atoms with van der Waals surface area (Å²) in [5.74, 6) is -0.242. The molecule has 2 amide bonds. The average molecular weight is 348 g/mol. The van der Waals surface area contributed by atoms with Crippen LogP contribution in [0.1, 0.15) is 24.8 Å². The van der Waals surface area contributed by atoms with Gasteiger partial charge in [-0.3, -0.25) is 9.59 Å². The minimum absolute atomic E-state index is 0.0129. The van der Waals surface area contributed by atoms with Gasteiger partial charge in [-0.1, -0.05) is 18.2 Å². The van der Waals surface area contributed by atoms with Crippen LogP contribution in [0.4, 0.5) is 5.69 Å². The van der Waals surface area contributed by atoms with E-state index in [1.165, 1.54) is 5.41 Å². The Labute approximate surface area is 141 Å². The highest BCUT2D eigenvalue weighted by atomic mass is 32.2. The largest absolute Gasteiger partial charge is 0.352 e. The van der Waals surface area contributed by atoms with Crippen LogP contribution >= 0.6 is 0 Å². The van der Waals surface area contributed by atoms with E-state index in [9.17, 15) is 18.0 Å².